The van der Waals surface area contributed by atoms with Crippen molar-refractivity contribution in [3.63, 3.8) is 0 Å². The molecule has 9 nitrogen and oxygen atoms in total. The van der Waals surface area contributed by atoms with Gasteiger partial charge < -0.3 is 19.5 Å². The first-order chi connectivity index (χ1) is 16.2. The zero-order chi connectivity index (χ0) is 24.8. The Hall–Kier alpha value is -3.66. The first-order valence-corrected chi connectivity index (χ1v) is 11.5. The van der Waals surface area contributed by atoms with E-state index >= 15 is 0 Å². The molecule has 2 heterocycles. The monoisotopic (exact) mass is 485 g/mol. The molecule has 3 aromatic rings. The van der Waals surface area contributed by atoms with E-state index in [9.17, 15) is 14.4 Å². The number of carbonyl (C=O) groups is 3. The molecule has 0 radical (unpaired) electrons. The second-order valence-corrected chi connectivity index (χ2v) is 8.65. The lowest BCUT2D eigenvalue weighted by atomic mass is 10.1. The maximum absolute atomic E-state index is 12.9. The Balaban J connectivity index is 1.76. The van der Waals surface area contributed by atoms with Gasteiger partial charge in [0.2, 0.25) is 0 Å². The molecule has 0 aliphatic carbocycles. The first-order valence-electron chi connectivity index (χ1n) is 10.7. The Bertz CT molecular complexity index is 1210. The number of aryl methyl sites for hydroxylation is 2. The van der Waals surface area contributed by atoms with Crippen LogP contribution in [0, 0.1) is 20.8 Å². The van der Waals surface area contributed by atoms with Gasteiger partial charge in [0.15, 0.2) is 12.4 Å². The number of aromatic nitrogens is 2. The highest BCUT2D eigenvalue weighted by atomic mass is 32.1. The average molecular weight is 486 g/mol. The Kier molecular flexibility index (Phi) is 8.06. The van der Waals surface area contributed by atoms with Gasteiger partial charge in [0.05, 0.1) is 19.3 Å². The molecule has 3 rings (SSSR count). The van der Waals surface area contributed by atoms with Crippen LogP contribution in [0.2, 0.25) is 0 Å². The number of thiophene rings is 1. The van der Waals surface area contributed by atoms with E-state index < -0.39 is 17.8 Å². The van der Waals surface area contributed by atoms with Gasteiger partial charge in [0.25, 0.3) is 5.91 Å². The number of anilines is 1. The average Bonchev–Trinajstić information content (AvgIpc) is 3.41. The summed E-state index contributed by atoms with van der Waals surface area (Å²) in [6, 6.07) is 7.40. The third kappa shape index (κ3) is 5.63. The number of benzene rings is 1. The molecule has 0 saturated carbocycles. The molecule has 0 saturated heterocycles. The van der Waals surface area contributed by atoms with Crippen LogP contribution in [0.15, 0.2) is 30.5 Å². The molecule has 0 atom stereocenters. The minimum Gasteiger partial charge on any atom is -0.471 e. The standard InChI is InChI=1S/C24H27N3O6S/c1-6-11-32-23(29)19-16(4)20(24(30)31-5)34-22(19)25-21(28)17-9-10-27(26-17)13-33-18-8-7-14(2)12-15(18)3/h7-10,12H,6,11,13H2,1-5H3,(H,25,28). The van der Waals surface area contributed by atoms with E-state index in [-0.39, 0.29) is 34.5 Å². The van der Waals surface area contributed by atoms with Gasteiger partial charge in [-0.15, -0.1) is 11.3 Å². The molecule has 34 heavy (non-hydrogen) atoms. The van der Waals surface area contributed by atoms with E-state index in [2.05, 4.69) is 10.4 Å². The minimum atomic E-state index is -0.617. The maximum atomic E-state index is 12.9. The number of amides is 1. The van der Waals surface area contributed by atoms with Crippen LogP contribution in [0.5, 0.6) is 5.75 Å². The van der Waals surface area contributed by atoms with E-state index in [1.807, 2.05) is 39.0 Å². The summed E-state index contributed by atoms with van der Waals surface area (Å²) in [6.45, 7) is 7.79. The van der Waals surface area contributed by atoms with Crippen molar-refractivity contribution in [1.82, 2.24) is 9.78 Å². The number of ether oxygens (including phenoxy) is 3. The highest BCUT2D eigenvalue weighted by molar-refractivity contribution is 7.18. The van der Waals surface area contributed by atoms with Gasteiger partial charge >= 0.3 is 11.9 Å². The lowest BCUT2D eigenvalue weighted by Gasteiger charge is -2.09. The van der Waals surface area contributed by atoms with Crippen molar-refractivity contribution in [2.24, 2.45) is 0 Å². The van der Waals surface area contributed by atoms with Crippen LogP contribution in [-0.2, 0) is 16.2 Å². The highest BCUT2D eigenvalue weighted by Crippen LogP contribution is 2.34. The van der Waals surface area contributed by atoms with Crippen LogP contribution < -0.4 is 10.1 Å². The second-order valence-electron chi connectivity index (χ2n) is 7.62. The fourth-order valence-electron chi connectivity index (χ4n) is 3.22. The number of nitrogens with zero attached hydrogens (tertiary/aromatic N) is 2. The summed E-state index contributed by atoms with van der Waals surface area (Å²) in [7, 11) is 1.25. The fraction of sp³-hybridized carbons (Fsp3) is 0.333. The van der Waals surface area contributed by atoms with E-state index in [1.54, 1.807) is 13.1 Å². The SMILES string of the molecule is CCCOC(=O)c1c(NC(=O)c2ccn(COc3ccc(C)cc3C)n2)sc(C(=O)OC)c1C. The predicted octanol–water partition coefficient (Wildman–Crippen LogP) is 4.51. The summed E-state index contributed by atoms with van der Waals surface area (Å²) in [5.74, 6) is -1.02. The van der Waals surface area contributed by atoms with Crippen LogP contribution in [0.3, 0.4) is 0 Å². The molecule has 1 N–H and O–H groups in total. The van der Waals surface area contributed by atoms with Gasteiger partial charge in [-0.3, -0.25) is 4.79 Å². The molecule has 1 amide bonds. The Morgan fingerprint density at radius 3 is 2.56 bits per heavy atom. The quantitative estimate of drug-likeness (QED) is 0.444. The zero-order valence-corrected chi connectivity index (χ0v) is 20.6. The summed E-state index contributed by atoms with van der Waals surface area (Å²) >= 11 is 0.954. The van der Waals surface area contributed by atoms with Crippen molar-refractivity contribution in [3.05, 3.63) is 63.3 Å². The van der Waals surface area contributed by atoms with Gasteiger partial charge in [-0.05, 0) is 50.5 Å². The Morgan fingerprint density at radius 1 is 1.12 bits per heavy atom. The normalized spacial score (nSPS) is 10.6. The van der Waals surface area contributed by atoms with E-state index in [0.29, 0.717) is 12.0 Å². The summed E-state index contributed by atoms with van der Waals surface area (Å²) < 4.78 is 17.3. The number of esters is 2. The topological polar surface area (TPSA) is 109 Å². The zero-order valence-electron chi connectivity index (χ0n) is 19.8. The van der Waals surface area contributed by atoms with E-state index in [0.717, 1.165) is 28.2 Å². The number of hydrogen-bond acceptors (Lipinski definition) is 8. The third-order valence-electron chi connectivity index (χ3n) is 4.94. The van der Waals surface area contributed by atoms with Crippen LogP contribution >= 0.6 is 11.3 Å². The molecule has 2 aromatic heterocycles. The van der Waals surface area contributed by atoms with Crippen molar-refractivity contribution in [3.8, 4) is 5.75 Å². The Morgan fingerprint density at radius 2 is 1.88 bits per heavy atom. The maximum Gasteiger partial charge on any atom is 0.348 e. The van der Waals surface area contributed by atoms with Crippen molar-refractivity contribution in [2.75, 3.05) is 19.0 Å². The summed E-state index contributed by atoms with van der Waals surface area (Å²) in [6.07, 6.45) is 2.26. The molecule has 10 heteroatoms. The molecule has 0 unspecified atom stereocenters. The summed E-state index contributed by atoms with van der Waals surface area (Å²) in [5.41, 5.74) is 2.79. The van der Waals surface area contributed by atoms with Gasteiger partial charge in [-0.2, -0.15) is 5.10 Å². The molecule has 180 valence electrons. The Labute approximate surface area is 201 Å². The molecular formula is C24H27N3O6S. The molecule has 0 aliphatic heterocycles. The predicted molar refractivity (Wildman–Crippen MR) is 128 cm³/mol. The number of hydrogen-bond donors (Lipinski definition) is 1. The first kappa shape index (κ1) is 25.0. The fourth-order valence-corrected chi connectivity index (χ4v) is 4.33. The molecule has 0 aliphatic rings. The van der Waals surface area contributed by atoms with Gasteiger partial charge in [-0.1, -0.05) is 24.6 Å². The molecule has 0 bridgehead atoms. The number of nitrogens with one attached hydrogen (secondary N) is 1. The van der Waals surface area contributed by atoms with Crippen LogP contribution in [-0.4, -0.2) is 41.3 Å². The van der Waals surface area contributed by atoms with Gasteiger partial charge in [-0.25, -0.2) is 14.3 Å². The number of methoxy groups -OCH3 is 1. The number of rotatable bonds is 9. The molecular weight excluding hydrogens is 458 g/mol. The van der Waals surface area contributed by atoms with Crippen molar-refractivity contribution < 1.29 is 28.6 Å². The molecule has 0 spiro atoms. The van der Waals surface area contributed by atoms with Crippen molar-refractivity contribution in [2.45, 2.75) is 40.8 Å². The summed E-state index contributed by atoms with van der Waals surface area (Å²) in [4.78, 5) is 37.8. The minimum absolute atomic E-state index is 0.121. The van der Waals surface area contributed by atoms with E-state index in [1.165, 1.54) is 17.9 Å². The number of carbonyl (C=O) groups excluding carboxylic acids is 3. The second kappa shape index (κ2) is 11.0. The molecule has 1 aromatic carbocycles. The van der Waals surface area contributed by atoms with Gasteiger partial charge in [0.1, 0.15) is 15.6 Å². The van der Waals surface area contributed by atoms with Gasteiger partial charge in [0, 0.05) is 6.20 Å². The van der Waals surface area contributed by atoms with Crippen LogP contribution in [0.1, 0.15) is 60.6 Å². The third-order valence-corrected chi connectivity index (χ3v) is 6.13. The van der Waals surface area contributed by atoms with E-state index in [4.69, 9.17) is 14.2 Å². The van der Waals surface area contributed by atoms with Crippen LogP contribution in [0.4, 0.5) is 5.00 Å². The lowest BCUT2D eigenvalue weighted by molar-refractivity contribution is 0.0506. The smallest absolute Gasteiger partial charge is 0.348 e. The van der Waals surface area contributed by atoms with Crippen LogP contribution in [0.25, 0.3) is 0 Å². The molecule has 0 fully saturated rings. The largest absolute Gasteiger partial charge is 0.471 e. The van der Waals surface area contributed by atoms with Crippen molar-refractivity contribution >= 4 is 34.2 Å². The lowest BCUT2D eigenvalue weighted by Crippen LogP contribution is -2.16. The highest BCUT2D eigenvalue weighted by Gasteiger charge is 2.27. The summed E-state index contributed by atoms with van der Waals surface area (Å²) in [5, 5.41) is 7.13. The van der Waals surface area contributed by atoms with Crippen molar-refractivity contribution in [1.29, 1.82) is 0 Å².